The molecule has 0 heterocycles. The number of esters is 1. The summed E-state index contributed by atoms with van der Waals surface area (Å²) in [4.78, 5) is 36.8. The molecule has 0 unspecified atom stereocenters. The summed E-state index contributed by atoms with van der Waals surface area (Å²) in [6, 6.07) is 6.51. The molecule has 4 aliphatic rings. The summed E-state index contributed by atoms with van der Waals surface area (Å²) in [7, 11) is 0. The topological polar surface area (TPSA) is 92.7 Å². The number of rotatable bonds is 6. The molecule has 0 aromatic heterocycles. The van der Waals surface area contributed by atoms with Crippen LogP contribution in [0.25, 0.3) is 0 Å². The Morgan fingerprint density at radius 3 is 2.25 bits per heavy atom. The van der Waals surface area contributed by atoms with Crippen LogP contribution in [-0.2, 0) is 14.3 Å². The second kappa shape index (κ2) is 7.08. The van der Waals surface area contributed by atoms with Crippen LogP contribution >= 0.6 is 0 Å². The number of hydrogen-bond acceptors (Lipinski definition) is 4. The molecule has 2 bridgehead atoms. The Morgan fingerprint density at radius 2 is 1.68 bits per heavy atom. The van der Waals surface area contributed by atoms with E-state index in [4.69, 9.17) is 4.74 Å². The number of amides is 1. The fourth-order valence-electron chi connectivity index (χ4n) is 4.81. The Balaban J connectivity index is 1.44. The lowest BCUT2D eigenvalue weighted by Crippen LogP contribution is -2.48. The van der Waals surface area contributed by atoms with Crippen LogP contribution in [0.5, 0.6) is 0 Å². The first kappa shape index (κ1) is 18.7. The van der Waals surface area contributed by atoms with E-state index >= 15 is 0 Å². The summed E-state index contributed by atoms with van der Waals surface area (Å²) >= 11 is 0. The van der Waals surface area contributed by atoms with Crippen LogP contribution in [0.2, 0.25) is 0 Å². The number of fused-ring (bicyclic) bond motifs is 1. The van der Waals surface area contributed by atoms with Gasteiger partial charge in [-0.2, -0.15) is 0 Å². The molecule has 28 heavy (non-hydrogen) atoms. The molecule has 148 valence electrons. The summed E-state index contributed by atoms with van der Waals surface area (Å²) in [6.45, 7) is 4.29. The predicted molar refractivity (Wildman–Crippen MR) is 103 cm³/mol. The molecule has 2 fully saturated rings. The van der Waals surface area contributed by atoms with Crippen LogP contribution < -0.4 is 5.32 Å². The monoisotopic (exact) mass is 383 g/mol. The van der Waals surface area contributed by atoms with Gasteiger partial charge in [-0.15, -0.1) is 0 Å². The highest BCUT2D eigenvalue weighted by atomic mass is 16.5. The van der Waals surface area contributed by atoms with Crippen LogP contribution in [0.1, 0.15) is 30.6 Å². The van der Waals surface area contributed by atoms with Crippen molar-refractivity contribution in [2.75, 3.05) is 11.9 Å². The zero-order valence-electron chi connectivity index (χ0n) is 16.0. The number of carbonyl (C=O) groups is 3. The number of hydrogen-bond donors (Lipinski definition) is 2. The van der Waals surface area contributed by atoms with Gasteiger partial charge in [0.1, 0.15) is 0 Å². The maximum Gasteiger partial charge on any atom is 0.338 e. The minimum absolute atomic E-state index is 0.00128. The number of carboxylic acids is 1. The third-order valence-corrected chi connectivity index (χ3v) is 6.18. The van der Waals surface area contributed by atoms with Gasteiger partial charge in [0.2, 0.25) is 5.91 Å². The van der Waals surface area contributed by atoms with Crippen molar-refractivity contribution in [1.82, 2.24) is 0 Å². The van der Waals surface area contributed by atoms with Crippen molar-refractivity contribution in [2.24, 2.45) is 41.4 Å². The van der Waals surface area contributed by atoms with E-state index in [1.807, 2.05) is 26.0 Å². The van der Waals surface area contributed by atoms with Gasteiger partial charge in [-0.1, -0.05) is 26.0 Å². The van der Waals surface area contributed by atoms with E-state index in [0.29, 0.717) is 29.7 Å². The summed E-state index contributed by atoms with van der Waals surface area (Å²) in [5.41, 5.74) is 0.967. The number of allylic oxidation sites excluding steroid dienone is 2. The molecule has 6 heteroatoms. The van der Waals surface area contributed by atoms with Crippen LogP contribution in [0.3, 0.4) is 0 Å². The number of aliphatic carboxylic acids is 1. The van der Waals surface area contributed by atoms with Gasteiger partial charge in [-0.25, -0.2) is 4.79 Å². The van der Waals surface area contributed by atoms with Crippen LogP contribution in [-0.4, -0.2) is 29.6 Å². The lowest BCUT2D eigenvalue weighted by atomic mass is 9.62. The number of anilines is 1. The second-order valence-electron chi connectivity index (χ2n) is 8.55. The van der Waals surface area contributed by atoms with Gasteiger partial charge in [0.05, 0.1) is 24.0 Å². The van der Waals surface area contributed by atoms with Gasteiger partial charge in [0, 0.05) is 5.69 Å². The van der Waals surface area contributed by atoms with E-state index in [2.05, 4.69) is 5.32 Å². The van der Waals surface area contributed by atoms with Crippen molar-refractivity contribution in [1.29, 1.82) is 0 Å². The third-order valence-electron chi connectivity index (χ3n) is 6.18. The summed E-state index contributed by atoms with van der Waals surface area (Å²) in [5.74, 6) is -1.67. The van der Waals surface area contributed by atoms with Crippen molar-refractivity contribution in [3.8, 4) is 0 Å². The molecule has 0 saturated heterocycles. The molecule has 1 aromatic carbocycles. The van der Waals surface area contributed by atoms with E-state index in [-0.39, 0.29) is 23.7 Å². The lowest BCUT2D eigenvalue weighted by molar-refractivity contribution is -0.152. The number of benzene rings is 1. The van der Waals surface area contributed by atoms with Gasteiger partial charge >= 0.3 is 11.9 Å². The molecule has 0 spiro atoms. The van der Waals surface area contributed by atoms with Crippen molar-refractivity contribution < 1.29 is 24.2 Å². The van der Waals surface area contributed by atoms with Gasteiger partial charge in [-0.3, -0.25) is 9.59 Å². The maximum absolute atomic E-state index is 12.9. The molecule has 4 aliphatic carbocycles. The molecule has 2 N–H and O–H groups in total. The average Bonchev–Trinajstić information content (AvgIpc) is 3.48. The first-order valence-electron chi connectivity index (χ1n) is 9.86. The quantitative estimate of drug-likeness (QED) is 0.581. The minimum Gasteiger partial charge on any atom is -0.481 e. The first-order chi connectivity index (χ1) is 13.4. The normalized spacial score (nSPS) is 32.0. The third kappa shape index (κ3) is 3.32. The highest BCUT2D eigenvalue weighted by Gasteiger charge is 2.62. The highest BCUT2D eigenvalue weighted by Crippen LogP contribution is 2.63. The van der Waals surface area contributed by atoms with Crippen molar-refractivity contribution in [2.45, 2.75) is 20.3 Å². The van der Waals surface area contributed by atoms with Gasteiger partial charge in [-0.05, 0) is 60.3 Å². The Morgan fingerprint density at radius 1 is 1.07 bits per heavy atom. The number of ether oxygens (including phenoxy) is 1. The molecule has 2 saturated carbocycles. The first-order valence-corrected chi connectivity index (χ1v) is 9.86. The van der Waals surface area contributed by atoms with E-state index in [1.165, 1.54) is 0 Å². The van der Waals surface area contributed by atoms with E-state index in [0.717, 1.165) is 6.42 Å². The zero-order valence-corrected chi connectivity index (χ0v) is 16.0. The van der Waals surface area contributed by atoms with Crippen molar-refractivity contribution >= 4 is 23.5 Å². The molecule has 1 amide bonds. The fraction of sp³-hybridized carbons (Fsp3) is 0.500. The lowest BCUT2D eigenvalue weighted by Gasteiger charge is -2.41. The standard InChI is InChI=1S/C22H25NO5/c1-11(2)10-28-22(27)12-3-5-13(6-4-12)23-20(24)18-14-7-8-15(17-9-16(14)17)19(18)21(25)26/h3-8,11,14-19H,9-10H2,1-2H3,(H,23,24)(H,25,26)/t14-,15-,16+,17-,18+,19-/m0/s1. The Kier molecular flexibility index (Phi) is 4.73. The molecule has 6 atom stereocenters. The molecular formula is C22H25NO5. The molecule has 1 aromatic rings. The van der Waals surface area contributed by atoms with Gasteiger partial charge in [0.25, 0.3) is 0 Å². The molecule has 0 radical (unpaired) electrons. The largest absolute Gasteiger partial charge is 0.481 e. The molecular weight excluding hydrogens is 358 g/mol. The summed E-state index contributed by atoms with van der Waals surface area (Å²) in [5, 5.41) is 12.6. The summed E-state index contributed by atoms with van der Waals surface area (Å²) in [6.07, 6.45) is 5.05. The zero-order chi connectivity index (χ0) is 20.0. The Bertz CT molecular complexity index is 828. The molecule has 5 rings (SSSR count). The summed E-state index contributed by atoms with van der Waals surface area (Å²) < 4.78 is 5.20. The Hall–Kier alpha value is -2.63. The number of carbonyl (C=O) groups excluding carboxylic acids is 2. The maximum atomic E-state index is 12.9. The second-order valence-corrected chi connectivity index (χ2v) is 8.55. The SMILES string of the molecule is CC(C)COC(=O)c1ccc(NC(=O)[C@@H]2[C@H]3C=C[C@@H]([C@@H]4C[C@H]34)[C@@H]2C(=O)O)cc1. The molecule has 6 nitrogen and oxygen atoms in total. The fourth-order valence-corrected chi connectivity index (χ4v) is 4.81. The Labute approximate surface area is 164 Å². The van der Waals surface area contributed by atoms with Crippen LogP contribution in [0.15, 0.2) is 36.4 Å². The smallest absolute Gasteiger partial charge is 0.338 e. The van der Waals surface area contributed by atoms with Crippen molar-refractivity contribution in [3.05, 3.63) is 42.0 Å². The van der Waals surface area contributed by atoms with Gasteiger partial charge in [0.15, 0.2) is 0 Å². The molecule has 0 aliphatic heterocycles. The number of carboxylic acid groups (broad SMARTS) is 1. The minimum atomic E-state index is -0.895. The highest BCUT2D eigenvalue weighted by molar-refractivity contribution is 5.97. The van der Waals surface area contributed by atoms with E-state index in [9.17, 15) is 19.5 Å². The number of nitrogens with one attached hydrogen (secondary N) is 1. The van der Waals surface area contributed by atoms with Gasteiger partial charge < -0.3 is 15.2 Å². The predicted octanol–water partition coefficient (Wildman–Crippen LogP) is 3.21. The van der Waals surface area contributed by atoms with E-state index in [1.54, 1.807) is 24.3 Å². The average molecular weight is 383 g/mol. The van der Waals surface area contributed by atoms with Crippen molar-refractivity contribution in [3.63, 3.8) is 0 Å². The van der Waals surface area contributed by atoms with Crippen LogP contribution in [0, 0.1) is 41.4 Å². The van der Waals surface area contributed by atoms with E-state index < -0.39 is 23.8 Å². The van der Waals surface area contributed by atoms with Crippen LogP contribution in [0.4, 0.5) is 5.69 Å².